The van der Waals surface area contributed by atoms with Gasteiger partial charge in [-0.2, -0.15) is 0 Å². The van der Waals surface area contributed by atoms with E-state index >= 15 is 0 Å². The highest BCUT2D eigenvalue weighted by Gasteiger charge is 2.34. The lowest BCUT2D eigenvalue weighted by Crippen LogP contribution is -2.47. The Kier molecular flexibility index (Phi) is 6.50. The fourth-order valence-electron chi connectivity index (χ4n) is 5.41. The summed E-state index contributed by atoms with van der Waals surface area (Å²) in [6.45, 7) is 3.82. The number of carbonyl (C=O) groups excluding carboxylic acids is 1. The van der Waals surface area contributed by atoms with Crippen LogP contribution in [0.25, 0.3) is 0 Å². The predicted octanol–water partition coefficient (Wildman–Crippen LogP) is 4.16. The molecule has 3 aromatic rings. The summed E-state index contributed by atoms with van der Waals surface area (Å²) in [6, 6.07) is 21.3. The van der Waals surface area contributed by atoms with Crippen LogP contribution in [0.15, 0.2) is 71.5 Å². The predicted molar refractivity (Wildman–Crippen MR) is 134 cm³/mol. The number of aromatic nitrogens is 1. The van der Waals surface area contributed by atoms with Crippen molar-refractivity contribution in [1.82, 2.24) is 9.47 Å². The molecule has 0 spiro atoms. The van der Waals surface area contributed by atoms with Gasteiger partial charge in [0.1, 0.15) is 11.4 Å². The number of fused-ring (bicyclic) bond motifs is 4. The molecule has 2 atom stereocenters. The Balaban J connectivity index is 1.25. The number of piperidine rings is 1. The summed E-state index contributed by atoms with van der Waals surface area (Å²) in [4.78, 5) is 28.5. The maximum absolute atomic E-state index is 13.2. The molecule has 0 aliphatic carbocycles. The van der Waals surface area contributed by atoms with Crippen LogP contribution < -0.4 is 15.6 Å². The van der Waals surface area contributed by atoms with Gasteiger partial charge in [-0.05, 0) is 73.7 Å². The zero-order valence-corrected chi connectivity index (χ0v) is 19.6. The standard InChI is InChI=1S/C28H31N3O3/c1-34-24-11-9-22(10-12-24)27(32)29-25-13-14-26-23-16-21(18-31(26)28(25)33)17-30(19-23)15-5-8-20-6-3-2-4-7-20/h2-4,6-7,9-14,21,23H,5,8,15-19H2,1H3,(H,29,32)/t21-,23+/m0/s1. The number of hydrogen-bond donors (Lipinski definition) is 1. The van der Waals surface area contributed by atoms with Gasteiger partial charge in [0.25, 0.3) is 11.5 Å². The lowest BCUT2D eigenvalue weighted by molar-refractivity contribution is 0.102. The molecular weight excluding hydrogens is 426 g/mol. The molecule has 6 nitrogen and oxygen atoms in total. The number of hydrogen-bond acceptors (Lipinski definition) is 4. The Labute approximate surface area is 200 Å². The average molecular weight is 458 g/mol. The van der Waals surface area contributed by atoms with Gasteiger partial charge in [0, 0.05) is 36.8 Å². The second-order valence-corrected chi connectivity index (χ2v) is 9.42. The molecule has 1 aromatic heterocycles. The largest absolute Gasteiger partial charge is 0.497 e. The number of anilines is 1. The van der Waals surface area contributed by atoms with Crippen molar-refractivity contribution >= 4 is 11.6 Å². The van der Waals surface area contributed by atoms with Gasteiger partial charge in [-0.3, -0.25) is 9.59 Å². The van der Waals surface area contributed by atoms with Crippen molar-refractivity contribution in [3.63, 3.8) is 0 Å². The van der Waals surface area contributed by atoms with Crippen molar-refractivity contribution in [1.29, 1.82) is 0 Å². The number of pyridine rings is 1. The molecule has 1 N–H and O–H groups in total. The molecule has 176 valence electrons. The minimum absolute atomic E-state index is 0.105. The van der Waals surface area contributed by atoms with Gasteiger partial charge >= 0.3 is 0 Å². The summed E-state index contributed by atoms with van der Waals surface area (Å²) >= 11 is 0. The molecule has 2 aliphatic rings. The zero-order valence-electron chi connectivity index (χ0n) is 19.6. The van der Waals surface area contributed by atoms with Crippen LogP contribution in [0.2, 0.25) is 0 Å². The van der Waals surface area contributed by atoms with E-state index in [-0.39, 0.29) is 11.5 Å². The number of amides is 1. The van der Waals surface area contributed by atoms with E-state index in [1.807, 2.05) is 10.6 Å². The monoisotopic (exact) mass is 457 g/mol. The van der Waals surface area contributed by atoms with Crippen LogP contribution in [0, 0.1) is 5.92 Å². The van der Waals surface area contributed by atoms with Crippen LogP contribution in [0.3, 0.4) is 0 Å². The summed E-state index contributed by atoms with van der Waals surface area (Å²) < 4.78 is 7.04. The molecule has 0 saturated carbocycles. The summed E-state index contributed by atoms with van der Waals surface area (Å²) in [5.41, 5.74) is 3.21. The van der Waals surface area contributed by atoms with Gasteiger partial charge in [-0.1, -0.05) is 30.3 Å². The van der Waals surface area contributed by atoms with E-state index in [2.05, 4.69) is 40.5 Å². The first-order chi connectivity index (χ1) is 16.6. The minimum Gasteiger partial charge on any atom is -0.497 e. The summed E-state index contributed by atoms with van der Waals surface area (Å²) in [6.07, 6.45) is 3.37. The van der Waals surface area contributed by atoms with E-state index < -0.39 is 0 Å². The third kappa shape index (κ3) is 4.77. The molecule has 2 bridgehead atoms. The van der Waals surface area contributed by atoms with E-state index in [0.29, 0.717) is 35.4 Å². The second kappa shape index (κ2) is 9.85. The minimum atomic E-state index is -0.291. The molecule has 1 saturated heterocycles. The Morgan fingerprint density at radius 1 is 1.00 bits per heavy atom. The number of methoxy groups -OCH3 is 1. The van der Waals surface area contributed by atoms with Crippen molar-refractivity contribution in [3.05, 3.63) is 93.9 Å². The lowest BCUT2D eigenvalue weighted by Gasteiger charge is -2.43. The maximum Gasteiger partial charge on any atom is 0.274 e. The summed E-state index contributed by atoms with van der Waals surface area (Å²) in [5, 5.41) is 2.81. The number of likely N-dealkylation sites (tertiary alicyclic amines) is 1. The van der Waals surface area contributed by atoms with Gasteiger partial charge < -0.3 is 19.5 Å². The molecule has 6 heteroatoms. The Morgan fingerprint density at radius 3 is 2.56 bits per heavy atom. The highest BCUT2D eigenvalue weighted by Crippen LogP contribution is 2.35. The van der Waals surface area contributed by atoms with Crippen LogP contribution in [0.4, 0.5) is 5.69 Å². The molecule has 1 fully saturated rings. The molecule has 5 rings (SSSR count). The summed E-state index contributed by atoms with van der Waals surface area (Å²) in [5.74, 6) is 1.23. The molecule has 1 amide bonds. The second-order valence-electron chi connectivity index (χ2n) is 9.42. The van der Waals surface area contributed by atoms with E-state index in [1.165, 1.54) is 5.56 Å². The van der Waals surface area contributed by atoms with Crippen molar-refractivity contribution in [2.45, 2.75) is 31.7 Å². The van der Waals surface area contributed by atoms with E-state index in [1.54, 1.807) is 37.4 Å². The Morgan fingerprint density at radius 2 is 1.79 bits per heavy atom. The van der Waals surface area contributed by atoms with E-state index in [4.69, 9.17) is 4.74 Å². The van der Waals surface area contributed by atoms with Gasteiger partial charge in [-0.15, -0.1) is 0 Å². The van der Waals surface area contributed by atoms with Crippen LogP contribution in [0.5, 0.6) is 5.75 Å². The number of benzene rings is 2. The van der Waals surface area contributed by atoms with Crippen LogP contribution in [-0.4, -0.2) is 42.1 Å². The number of rotatable bonds is 7. The van der Waals surface area contributed by atoms with Gasteiger partial charge in [0.15, 0.2) is 0 Å². The van der Waals surface area contributed by atoms with E-state index in [9.17, 15) is 9.59 Å². The fraction of sp³-hybridized carbons (Fsp3) is 0.357. The fourth-order valence-corrected chi connectivity index (χ4v) is 5.41. The topological polar surface area (TPSA) is 63.6 Å². The molecule has 3 heterocycles. The first kappa shape index (κ1) is 22.4. The number of nitrogens with one attached hydrogen (secondary N) is 1. The maximum atomic E-state index is 13.2. The van der Waals surface area contributed by atoms with Gasteiger partial charge in [0.2, 0.25) is 0 Å². The molecule has 0 unspecified atom stereocenters. The highest BCUT2D eigenvalue weighted by atomic mass is 16.5. The lowest BCUT2D eigenvalue weighted by atomic mass is 9.83. The number of aryl methyl sites for hydroxylation is 1. The van der Waals surface area contributed by atoms with Crippen molar-refractivity contribution in [2.75, 3.05) is 32.1 Å². The molecule has 2 aliphatic heterocycles. The van der Waals surface area contributed by atoms with Crippen molar-refractivity contribution in [2.24, 2.45) is 5.92 Å². The summed E-state index contributed by atoms with van der Waals surface area (Å²) in [7, 11) is 1.59. The normalized spacial score (nSPS) is 19.3. The molecule has 34 heavy (non-hydrogen) atoms. The number of ether oxygens (including phenoxy) is 1. The smallest absolute Gasteiger partial charge is 0.274 e. The van der Waals surface area contributed by atoms with Crippen LogP contribution in [-0.2, 0) is 13.0 Å². The molecule has 2 aromatic carbocycles. The third-order valence-corrected chi connectivity index (χ3v) is 7.06. The number of nitrogens with zero attached hydrogens (tertiary/aromatic N) is 2. The first-order valence-electron chi connectivity index (χ1n) is 12.1. The Hall–Kier alpha value is -3.38. The van der Waals surface area contributed by atoms with E-state index in [0.717, 1.165) is 44.6 Å². The quantitative estimate of drug-likeness (QED) is 0.579. The van der Waals surface area contributed by atoms with Crippen molar-refractivity contribution in [3.8, 4) is 5.75 Å². The third-order valence-electron chi connectivity index (χ3n) is 7.06. The zero-order chi connectivity index (χ0) is 23.5. The van der Waals surface area contributed by atoms with Gasteiger partial charge in [-0.25, -0.2) is 0 Å². The highest BCUT2D eigenvalue weighted by molar-refractivity contribution is 6.04. The number of carbonyl (C=O) groups is 1. The molecule has 0 radical (unpaired) electrons. The molecular formula is C28H31N3O3. The first-order valence-corrected chi connectivity index (χ1v) is 12.1. The Bertz CT molecular complexity index is 1200. The van der Waals surface area contributed by atoms with Crippen molar-refractivity contribution < 1.29 is 9.53 Å². The van der Waals surface area contributed by atoms with Crippen LogP contribution in [0.1, 0.15) is 40.4 Å². The average Bonchev–Trinajstić information content (AvgIpc) is 2.86. The van der Waals surface area contributed by atoms with Crippen LogP contribution >= 0.6 is 0 Å². The SMILES string of the molecule is COc1ccc(C(=O)Nc2ccc3n(c2=O)C[C@H]2C[C@@H]3CN(CCCc3ccccc3)C2)cc1. The van der Waals surface area contributed by atoms with Gasteiger partial charge in [0.05, 0.1) is 7.11 Å².